The smallest absolute Gasteiger partial charge is 0.210 e. The highest BCUT2D eigenvalue weighted by molar-refractivity contribution is 7.98. The molecule has 0 bridgehead atoms. The van der Waals surface area contributed by atoms with Crippen molar-refractivity contribution >= 4 is 11.8 Å². The molecule has 0 atom stereocenters. The number of aromatic nitrogens is 3. The Morgan fingerprint density at radius 2 is 1.25 bits per heavy atom. The van der Waals surface area contributed by atoms with Gasteiger partial charge in [-0.3, -0.25) is 0 Å². The fourth-order valence-electron chi connectivity index (χ4n) is 3.75. The molecule has 4 heteroatoms. The topological polar surface area (TPSA) is 38.7 Å². The molecule has 0 radical (unpaired) electrons. The first kappa shape index (κ1) is 22.2. The molecule has 3 aromatic carbocycles. The number of rotatable bonds is 5. The van der Waals surface area contributed by atoms with Gasteiger partial charge in [0, 0.05) is 16.9 Å². The number of thioether (sulfide) groups is 1. The maximum absolute atomic E-state index is 4.94. The summed E-state index contributed by atoms with van der Waals surface area (Å²) in [6, 6.07) is 25.0. The third kappa shape index (κ3) is 4.91. The van der Waals surface area contributed by atoms with Crippen LogP contribution in [0.4, 0.5) is 0 Å². The second kappa shape index (κ2) is 9.25. The Morgan fingerprint density at radius 3 is 1.78 bits per heavy atom. The first-order valence-corrected chi connectivity index (χ1v) is 11.9. The van der Waals surface area contributed by atoms with Crippen molar-refractivity contribution in [2.24, 2.45) is 0 Å². The van der Waals surface area contributed by atoms with Crippen molar-refractivity contribution in [1.29, 1.82) is 0 Å². The lowest BCUT2D eigenvalue weighted by Crippen LogP contribution is -2.12. The van der Waals surface area contributed by atoms with E-state index in [1.807, 2.05) is 36.4 Å². The third-order valence-electron chi connectivity index (χ3n) is 5.67. The molecule has 0 aliphatic heterocycles. The van der Waals surface area contributed by atoms with E-state index in [0.29, 0.717) is 5.16 Å². The predicted octanol–water partition coefficient (Wildman–Crippen LogP) is 7.41. The molecule has 0 fully saturated rings. The average Bonchev–Trinajstić information content (AvgIpc) is 2.79. The van der Waals surface area contributed by atoms with Crippen molar-refractivity contribution in [3.05, 3.63) is 95.1 Å². The fourth-order valence-corrected chi connectivity index (χ4v) is 4.73. The molecule has 0 amide bonds. The van der Waals surface area contributed by atoms with Gasteiger partial charge in [0.05, 0.1) is 0 Å². The Balaban J connectivity index is 1.66. The van der Waals surface area contributed by atoms with E-state index < -0.39 is 0 Å². The van der Waals surface area contributed by atoms with Crippen LogP contribution in [-0.2, 0) is 11.2 Å². The summed E-state index contributed by atoms with van der Waals surface area (Å²) in [4.78, 5) is 4.94. The molecule has 1 aromatic heterocycles. The van der Waals surface area contributed by atoms with E-state index in [1.165, 1.54) is 22.3 Å². The van der Waals surface area contributed by atoms with Crippen molar-refractivity contribution in [3.63, 3.8) is 0 Å². The molecule has 0 saturated carbocycles. The zero-order valence-electron chi connectivity index (χ0n) is 19.4. The monoisotopic (exact) mass is 439 g/mol. The van der Waals surface area contributed by atoms with Crippen LogP contribution in [0.1, 0.15) is 43.0 Å². The summed E-state index contributed by atoms with van der Waals surface area (Å²) in [5.74, 6) is 0.822. The van der Waals surface area contributed by atoms with Crippen LogP contribution in [0, 0.1) is 13.8 Å². The fraction of sp³-hybridized carbons (Fsp3) is 0.250. The summed E-state index contributed by atoms with van der Waals surface area (Å²) in [7, 11) is 0. The van der Waals surface area contributed by atoms with E-state index in [9.17, 15) is 0 Å². The molecule has 162 valence electrons. The average molecular weight is 440 g/mol. The Kier molecular flexibility index (Phi) is 6.43. The van der Waals surface area contributed by atoms with Gasteiger partial charge in [0.1, 0.15) is 11.4 Å². The summed E-state index contributed by atoms with van der Waals surface area (Å²) in [5, 5.41) is 9.77. The van der Waals surface area contributed by atoms with Crippen LogP contribution in [0.2, 0.25) is 0 Å². The largest absolute Gasteiger partial charge is 0.219 e. The number of hydrogen-bond donors (Lipinski definition) is 0. The van der Waals surface area contributed by atoms with E-state index in [1.54, 1.807) is 11.8 Å². The molecular weight excluding hydrogens is 410 g/mol. The van der Waals surface area contributed by atoms with Crippen LogP contribution in [0.15, 0.2) is 78.0 Å². The van der Waals surface area contributed by atoms with Crippen LogP contribution in [-0.4, -0.2) is 15.2 Å². The quantitative estimate of drug-likeness (QED) is 0.303. The Morgan fingerprint density at radius 1 is 0.719 bits per heavy atom. The van der Waals surface area contributed by atoms with Gasteiger partial charge < -0.3 is 0 Å². The van der Waals surface area contributed by atoms with E-state index in [4.69, 9.17) is 4.98 Å². The molecule has 3 nitrogen and oxygen atoms in total. The second-order valence-electron chi connectivity index (χ2n) is 9.15. The van der Waals surface area contributed by atoms with Crippen LogP contribution in [0.25, 0.3) is 22.5 Å². The molecule has 0 unspecified atom stereocenters. The minimum atomic E-state index is 0.145. The first-order valence-electron chi connectivity index (χ1n) is 10.9. The highest BCUT2D eigenvalue weighted by atomic mass is 32.2. The summed E-state index contributed by atoms with van der Waals surface area (Å²) >= 11 is 1.64. The molecule has 1 heterocycles. The summed E-state index contributed by atoms with van der Waals surface area (Å²) in [6.45, 7) is 11.2. The Bertz CT molecular complexity index is 1190. The van der Waals surface area contributed by atoms with Gasteiger partial charge in [0.15, 0.2) is 0 Å². The normalized spacial score (nSPS) is 11.5. The van der Waals surface area contributed by atoms with Crippen molar-refractivity contribution in [1.82, 2.24) is 15.2 Å². The van der Waals surface area contributed by atoms with Gasteiger partial charge >= 0.3 is 0 Å². The second-order valence-corrected chi connectivity index (χ2v) is 10.1. The van der Waals surface area contributed by atoms with Crippen LogP contribution >= 0.6 is 11.8 Å². The zero-order valence-corrected chi connectivity index (χ0v) is 20.2. The van der Waals surface area contributed by atoms with Crippen molar-refractivity contribution < 1.29 is 0 Å². The molecule has 0 N–H and O–H groups in total. The van der Waals surface area contributed by atoms with Crippen molar-refractivity contribution in [3.8, 4) is 22.5 Å². The maximum Gasteiger partial charge on any atom is 0.210 e. The minimum absolute atomic E-state index is 0.145. The molecule has 0 spiro atoms. The number of aryl methyl sites for hydroxylation is 2. The van der Waals surface area contributed by atoms with E-state index in [0.717, 1.165) is 28.3 Å². The SMILES string of the molecule is Cc1cc(C(C)(C)C)cc(C)c1CSc1nnc(-c2ccccc2)c(-c2ccccc2)n1. The summed E-state index contributed by atoms with van der Waals surface area (Å²) in [5.41, 5.74) is 9.25. The van der Waals surface area contributed by atoms with Crippen LogP contribution in [0.5, 0.6) is 0 Å². The van der Waals surface area contributed by atoms with Crippen LogP contribution in [0.3, 0.4) is 0 Å². The lowest BCUT2D eigenvalue weighted by atomic mass is 9.84. The number of nitrogens with zero attached hydrogens (tertiary/aromatic N) is 3. The molecule has 0 aliphatic rings. The predicted molar refractivity (Wildman–Crippen MR) is 135 cm³/mol. The van der Waals surface area contributed by atoms with Crippen molar-refractivity contribution in [2.75, 3.05) is 0 Å². The van der Waals surface area contributed by atoms with E-state index >= 15 is 0 Å². The van der Waals surface area contributed by atoms with E-state index in [-0.39, 0.29) is 5.41 Å². The van der Waals surface area contributed by atoms with Gasteiger partial charge in [-0.25, -0.2) is 4.98 Å². The molecule has 4 rings (SSSR count). The molecule has 0 saturated heterocycles. The summed E-state index contributed by atoms with van der Waals surface area (Å²) in [6.07, 6.45) is 0. The zero-order chi connectivity index (χ0) is 22.7. The van der Waals surface area contributed by atoms with Gasteiger partial charge in [0.25, 0.3) is 0 Å². The summed E-state index contributed by atoms with van der Waals surface area (Å²) < 4.78 is 0. The van der Waals surface area contributed by atoms with E-state index in [2.05, 4.69) is 81.2 Å². The number of hydrogen-bond acceptors (Lipinski definition) is 4. The van der Waals surface area contributed by atoms with Crippen LogP contribution < -0.4 is 0 Å². The van der Waals surface area contributed by atoms with Gasteiger partial charge in [-0.2, -0.15) is 0 Å². The first-order chi connectivity index (χ1) is 15.3. The molecule has 4 aromatic rings. The highest BCUT2D eigenvalue weighted by Crippen LogP contribution is 2.32. The standard InChI is InChI=1S/C28H29N3S/c1-19-16-23(28(3,4)5)17-20(2)24(19)18-32-27-29-25(21-12-8-6-9-13-21)26(30-31-27)22-14-10-7-11-15-22/h6-17H,18H2,1-5H3. The Labute approximate surface area is 195 Å². The third-order valence-corrected chi connectivity index (χ3v) is 6.53. The van der Waals surface area contributed by atoms with Crippen molar-refractivity contribution in [2.45, 2.75) is 50.9 Å². The lowest BCUT2D eigenvalue weighted by Gasteiger charge is -2.22. The highest BCUT2D eigenvalue weighted by Gasteiger charge is 2.18. The lowest BCUT2D eigenvalue weighted by molar-refractivity contribution is 0.589. The number of benzene rings is 3. The Hall–Kier alpha value is -2.98. The molecule has 32 heavy (non-hydrogen) atoms. The van der Waals surface area contributed by atoms with Gasteiger partial charge in [-0.05, 0) is 41.5 Å². The maximum atomic E-state index is 4.94. The minimum Gasteiger partial charge on any atom is -0.219 e. The van der Waals surface area contributed by atoms with Gasteiger partial charge in [-0.15, -0.1) is 10.2 Å². The molecule has 0 aliphatic carbocycles. The van der Waals surface area contributed by atoms with Gasteiger partial charge in [0.2, 0.25) is 5.16 Å². The van der Waals surface area contributed by atoms with Gasteiger partial charge in [-0.1, -0.05) is 105 Å². The molecular formula is C28H29N3S.